The van der Waals surface area contributed by atoms with Gasteiger partial charge in [-0.25, -0.2) is 4.98 Å². The Morgan fingerprint density at radius 3 is 2.76 bits per heavy atom. The van der Waals surface area contributed by atoms with Crippen LogP contribution in [0, 0.1) is 0 Å². The van der Waals surface area contributed by atoms with Gasteiger partial charge in [0.2, 0.25) is 0 Å². The van der Waals surface area contributed by atoms with Crippen LogP contribution in [0.3, 0.4) is 0 Å². The minimum absolute atomic E-state index is 0.735. The Bertz CT molecular complexity index is 685. The molecule has 4 nitrogen and oxygen atoms in total. The normalized spacial score (nSPS) is 10.9. The quantitative estimate of drug-likeness (QED) is 0.645. The van der Waals surface area contributed by atoms with Gasteiger partial charge in [-0.3, -0.25) is 4.98 Å². The lowest BCUT2D eigenvalue weighted by Crippen LogP contribution is -1.96. The van der Waals surface area contributed by atoms with Crippen LogP contribution in [0.1, 0.15) is 0 Å². The summed E-state index contributed by atoms with van der Waals surface area (Å²) in [6, 6.07) is 9.69. The van der Waals surface area contributed by atoms with Crippen LogP contribution >= 0.6 is 0 Å². The average molecular weight is 224 g/mol. The summed E-state index contributed by atoms with van der Waals surface area (Å²) in [6.07, 6.45) is 3.53. The van der Waals surface area contributed by atoms with Crippen molar-refractivity contribution in [1.82, 2.24) is 14.5 Å². The minimum Gasteiger partial charge on any atom is -0.398 e. The number of pyridine rings is 1. The van der Waals surface area contributed by atoms with Crippen LogP contribution < -0.4 is 5.73 Å². The average Bonchev–Trinajstić information content (AvgIpc) is 2.68. The van der Waals surface area contributed by atoms with Crippen LogP contribution in [-0.2, 0) is 7.05 Å². The Kier molecular flexibility index (Phi) is 2.08. The number of anilines is 1. The molecule has 0 saturated heterocycles. The van der Waals surface area contributed by atoms with E-state index in [9.17, 15) is 0 Å². The molecule has 0 aliphatic heterocycles. The molecule has 0 aliphatic carbocycles. The molecule has 3 aromatic rings. The van der Waals surface area contributed by atoms with Gasteiger partial charge in [-0.2, -0.15) is 0 Å². The van der Waals surface area contributed by atoms with Gasteiger partial charge in [0.1, 0.15) is 11.3 Å². The number of nitrogen functional groups attached to an aromatic ring is 1. The third-order valence-electron chi connectivity index (χ3n) is 2.88. The lowest BCUT2D eigenvalue weighted by atomic mass is 10.2. The number of aryl methyl sites for hydroxylation is 1. The first-order valence-corrected chi connectivity index (χ1v) is 5.38. The van der Waals surface area contributed by atoms with Crippen LogP contribution in [0.15, 0.2) is 42.7 Å². The zero-order valence-electron chi connectivity index (χ0n) is 9.46. The van der Waals surface area contributed by atoms with E-state index >= 15 is 0 Å². The summed E-state index contributed by atoms with van der Waals surface area (Å²) in [5.74, 6) is 0.867. The molecule has 2 aromatic heterocycles. The Morgan fingerprint density at radius 2 is 2.00 bits per heavy atom. The number of aromatic nitrogens is 3. The summed E-state index contributed by atoms with van der Waals surface area (Å²) in [7, 11) is 1.98. The molecule has 84 valence electrons. The summed E-state index contributed by atoms with van der Waals surface area (Å²) < 4.78 is 2.03. The van der Waals surface area contributed by atoms with Gasteiger partial charge in [0, 0.05) is 24.5 Å². The van der Waals surface area contributed by atoms with Crippen LogP contribution in [0.5, 0.6) is 0 Å². The van der Waals surface area contributed by atoms with Gasteiger partial charge in [-0.1, -0.05) is 12.1 Å². The van der Waals surface area contributed by atoms with Gasteiger partial charge < -0.3 is 10.3 Å². The van der Waals surface area contributed by atoms with Crippen LogP contribution in [0.2, 0.25) is 0 Å². The van der Waals surface area contributed by atoms with E-state index < -0.39 is 0 Å². The van der Waals surface area contributed by atoms with Crippen molar-refractivity contribution in [3.8, 4) is 11.4 Å². The molecule has 0 bridgehead atoms. The molecule has 0 saturated carbocycles. The van der Waals surface area contributed by atoms with Crippen molar-refractivity contribution >= 4 is 16.7 Å². The number of fused-ring (bicyclic) bond motifs is 1. The van der Waals surface area contributed by atoms with Crippen molar-refractivity contribution in [3.05, 3.63) is 42.7 Å². The zero-order chi connectivity index (χ0) is 11.8. The molecule has 4 heteroatoms. The minimum atomic E-state index is 0.735. The number of hydrogen-bond acceptors (Lipinski definition) is 3. The van der Waals surface area contributed by atoms with E-state index in [0.717, 1.165) is 28.1 Å². The van der Waals surface area contributed by atoms with Crippen molar-refractivity contribution in [2.75, 3.05) is 5.73 Å². The van der Waals surface area contributed by atoms with Gasteiger partial charge >= 0.3 is 0 Å². The van der Waals surface area contributed by atoms with E-state index in [1.54, 1.807) is 12.4 Å². The number of hydrogen-bond donors (Lipinski definition) is 1. The van der Waals surface area contributed by atoms with Crippen molar-refractivity contribution in [2.45, 2.75) is 0 Å². The second-order valence-electron chi connectivity index (χ2n) is 3.95. The predicted octanol–water partition coefficient (Wildman–Crippen LogP) is 2.22. The first kappa shape index (κ1) is 9.84. The van der Waals surface area contributed by atoms with E-state index in [1.165, 1.54) is 0 Å². The van der Waals surface area contributed by atoms with Gasteiger partial charge in [-0.05, 0) is 18.2 Å². The first-order chi connectivity index (χ1) is 8.27. The van der Waals surface area contributed by atoms with E-state index in [1.807, 2.05) is 41.9 Å². The SMILES string of the molecule is Cn1c(-c2ccccc2N)nc2cnccc21. The number of nitrogens with zero attached hydrogens (tertiary/aromatic N) is 3. The Morgan fingerprint density at radius 1 is 1.18 bits per heavy atom. The maximum absolute atomic E-state index is 5.97. The summed E-state index contributed by atoms with van der Waals surface area (Å²) in [5, 5.41) is 0. The standard InChI is InChI=1S/C13H12N4/c1-17-12-6-7-15-8-11(12)16-13(17)9-4-2-3-5-10(9)14/h2-8H,14H2,1H3. The highest BCUT2D eigenvalue weighted by molar-refractivity contribution is 5.82. The lowest BCUT2D eigenvalue weighted by Gasteiger charge is -2.05. The van der Waals surface area contributed by atoms with Gasteiger partial charge in [0.05, 0.1) is 11.7 Å². The molecule has 0 aliphatic rings. The Hall–Kier alpha value is -2.36. The highest BCUT2D eigenvalue weighted by Gasteiger charge is 2.11. The fourth-order valence-electron chi connectivity index (χ4n) is 1.99. The van der Waals surface area contributed by atoms with Crippen molar-refractivity contribution in [1.29, 1.82) is 0 Å². The topological polar surface area (TPSA) is 56.7 Å². The molecule has 0 spiro atoms. The van der Waals surface area contributed by atoms with Crippen molar-refractivity contribution < 1.29 is 0 Å². The van der Waals surface area contributed by atoms with E-state index in [4.69, 9.17) is 5.73 Å². The number of nitrogens with two attached hydrogens (primary N) is 1. The van der Waals surface area contributed by atoms with Gasteiger partial charge in [0.25, 0.3) is 0 Å². The molecule has 0 fully saturated rings. The summed E-state index contributed by atoms with van der Waals surface area (Å²) in [6.45, 7) is 0. The maximum Gasteiger partial charge on any atom is 0.143 e. The van der Waals surface area contributed by atoms with Gasteiger partial charge in [0.15, 0.2) is 0 Å². The number of imidazole rings is 1. The largest absolute Gasteiger partial charge is 0.398 e. The molecular formula is C13H12N4. The third-order valence-corrected chi connectivity index (χ3v) is 2.88. The molecule has 0 amide bonds. The molecule has 0 atom stereocenters. The highest BCUT2D eigenvalue weighted by atomic mass is 15.1. The number of para-hydroxylation sites is 1. The molecule has 0 radical (unpaired) electrons. The molecule has 0 unspecified atom stereocenters. The molecular weight excluding hydrogens is 212 g/mol. The smallest absolute Gasteiger partial charge is 0.143 e. The first-order valence-electron chi connectivity index (χ1n) is 5.38. The summed E-state index contributed by atoms with van der Waals surface area (Å²) >= 11 is 0. The summed E-state index contributed by atoms with van der Waals surface area (Å²) in [5.41, 5.74) is 9.60. The van der Waals surface area contributed by atoms with Crippen LogP contribution in [0.25, 0.3) is 22.4 Å². The number of rotatable bonds is 1. The van der Waals surface area contributed by atoms with Crippen molar-refractivity contribution in [2.24, 2.45) is 7.05 Å². The Balaban J connectivity index is 2.32. The molecule has 17 heavy (non-hydrogen) atoms. The van der Waals surface area contributed by atoms with E-state index in [2.05, 4.69) is 9.97 Å². The van der Waals surface area contributed by atoms with Crippen molar-refractivity contribution in [3.63, 3.8) is 0 Å². The second-order valence-corrected chi connectivity index (χ2v) is 3.95. The van der Waals surface area contributed by atoms with E-state index in [0.29, 0.717) is 0 Å². The van der Waals surface area contributed by atoms with Crippen LogP contribution in [-0.4, -0.2) is 14.5 Å². The second kappa shape index (κ2) is 3.59. The van der Waals surface area contributed by atoms with E-state index in [-0.39, 0.29) is 0 Å². The molecule has 2 N–H and O–H groups in total. The molecule has 1 aromatic carbocycles. The third kappa shape index (κ3) is 1.45. The van der Waals surface area contributed by atoms with Crippen LogP contribution in [0.4, 0.5) is 5.69 Å². The highest BCUT2D eigenvalue weighted by Crippen LogP contribution is 2.27. The number of benzene rings is 1. The molecule has 2 heterocycles. The maximum atomic E-state index is 5.97. The predicted molar refractivity (Wildman–Crippen MR) is 68.4 cm³/mol. The summed E-state index contributed by atoms with van der Waals surface area (Å²) in [4.78, 5) is 8.64. The molecule has 3 rings (SSSR count). The fourth-order valence-corrected chi connectivity index (χ4v) is 1.99. The monoisotopic (exact) mass is 224 g/mol. The lowest BCUT2D eigenvalue weighted by molar-refractivity contribution is 0.959. The fraction of sp³-hybridized carbons (Fsp3) is 0.0769. The Labute approximate surface area is 98.7 Å². The van der Waals surface area contributed by atoms with Gasteiger partial charge in [-0.15, -0.1) is 0 Å². The zero-order valence-corrected chi connectivity index (χ0v) is 9.46.